The largest absolute Gasteiger partial charge is 0.508 e. The van der Waals surface area contributed by atoms with Crippen molar-refractivity contribution in [2.24, 2.45) is 0 Å². The van der Waals surface area contributed by atoms with Crippen molar-refractivity contribution < 1.29 is 44.5 Å². The number of ketones is 1. The van der Waals surface area contributed by atoms with Gasteiger partial charge in [-0.3, -0.25) is 4.79 Å². The summed E-state index contributed by atoms with van der Waals surface area (Å²) in [4.78, 5) is 12.4. The molecule has 0 spiro atoms. The van der Waals surface area contributed by atoms with Gasteiger partial charge in [-0.15, -0.1) is 0 Å². The summed E-state index contributed by atoms with van der Waals surface area (Å²) in [6.07, 6.45) is -7.24. The van der Waals surface area contributed by atoms with Gasteiger partial charge in [0.25, 0.3) is 0 Å². The molecule has 0 saturated carbocycles. The maximum atomic E-state index is 12.4. The molecule has 2 heterocycles. The third-order valence-corrected chi connectivity index (χ3v) is 5.26. The van der Waals surface area contributed by atoms with Gasteiger partial charge in [0.05, 0.1) is 18.6 Å². The molecule has 6 atom stereocenters. The number of hydrogen-bond acceptors (Lipinski definition) is 9. The second-order valence-corrected chi connectivity index (χ2v) is 7.30. The number of ether oxygens (including phenoxy) is 3. The highest BCUT2D eigenvalue weighted by atomic mass is 16.7. The summed E-state index contributed by atoms with van der Waals surface area (Å²) in [5.41, 5.74) is 1.13. The molecule has 0 aliphatic carbocycles. The van der Waals surface area contributed by atoms with Crippen molar-refractivity contribution >= 4 is 5.78 Å². The molecule has 2 aliphatic heterocycles. The number of aliphatic hydroxyl groups excluding tert-OH is 4. The molecule has 160 valence electrons. The van der Waals surface area contributed by atoms with Crippen LogP contribution in [0.4, 0.5) is 0 Å². The molecule has 0 radical (unpaired) electrons. The Labute approximate surface area is 171 Å². The smallest absolute Gasteiger partial charge is 0.229 e. The van der Waals surface area contributed by atoms with Crippen molar-refractivity contribution in [3.8, 4) is 17.2 Å². The van der Waals surface area contributed by atoms with Gasteiger partial charge in [0, 0.05) is 6.07 Å². The molecule has 9 nitrogen and oxygen atoms in total. The van der Waals surface area contributed by atoms with E-state index in [2.05, 4.69) is 0 Å². The molecule has 30 heavy (non-hydrogen) atoms. The molecule has 2 aliphatic rings. The summed E-state index contributed by atoms with van der Waals surface area (Å²) < 4.78 is 16.7. The molecule has 0 aromatic heterocycles. The van der Waals surface area contributed by atoms with Crippen LogP contribution in [-0.2, 0) is 4.74 Å². The highest BCUT2D eigenvalue weighted by Crippen LogP contribution is 2.37. The molecule has 3 unspecified atom stereocenters. The zero-order chi connectivity index (χ0) is 21.4. The van der Waals surface area contributed by atoms with Crippen LogP contribution in [0.15, 0.2) is 42.5 Å². The van der Waals surface area contributed by atoms with Crippen molar-refractivity contribution in [3.05, 3.63) is 53.6 Å². The fourth-order valence-electron chi connectivity index (χ4n) is 3.56. The monoisotopic (exact) mass is 418 g/mol. The molecular weight excluding hydrogens is 396 g/mol. The van der Waals surface area contributed by atoms with Gasteiger partial charge in [-0.25, -0.2) is 0 Å². The van der Waals surface area contributed by atoms with E-state index in [-0.39, 0.29) is 18.0 Å². The lowest BCUT2D eigenvalue weighted by atomic mass is 9.96. The third-order valence-electron chi connectivity index (χ3n) is 5.26. The lowest BCUT2D eigenvalue weighted by Gasteiger charge is -2.39. The summed E-state index contributed by atoms with van der Waals surface area (Å²) in [5.74, 6) is 0.537. The topological polar surface area (TPSA) is 146 Å². The summed E-state index contributed by atoms with van der Waals surface area (Å²) in [6, 6.07) is 10.9. The standard InChI is InChI=1S/C21H22O9/c22-9-17-18(25)19(26)20(27)21(30-17)28-12-4-1-10(2-5-12)15-8-14(24)13-6-3-11(23)7-16(13)29-15/h1-7,15,17-23,25-27H,8-9H2/t15?,17?,18-,19-,20?,21-/m1/s1. The number of phenols is 1. The van der Waals surface area contributed by atoms with E-state index in [1.165, 1.54) is 18.2 Å². The average Bonchev–Trinajstić information content (AvgIpc) is 2.74. The van der Waals surface area contributed by atoms with E-state index in [0.29, 0.717) is 22.6 Å². The first-order chi connectivity index (χ1) is 14.4. The first kappa shape index (κ1) is 20.6. The van der Waals surface area contributed by atoms with E-state index in [1.54, 1.807) is 24.3 Å². The van der Waals surface area contributed by atoms with E-state index in [0.717, 1.165) is 0 Å². The number of hydrogen-bond donors (Lipinski definition) is 5. The highest BCUT2D eigenvalue weighted by molar-refractivity contribution is 6.00. The Hall–Kier alpha value is -2.69. The van der Waals surface area contributed by atoms with Crippen LogP contribution in [0.2, 0.25) is 0 Å². The minimum Gasteiger partial charge on any atom is -0.508 e. The van der Waals surface area contributed by atoms with Gasteiger partial charge >= 0.3 is 0 Å². The van der Waals surface area contributed by atoms with Gasteiger partial charge < -0.3 is 39.7 Å². The van der Waals surface area contributed by atoms with Gasteiger partial charge in [0.2, 0.25) is 6.29 Å². The second-order valence-electron chi connectivity index (χ2n) is 7.30. The van der Waals surface area contributed by atoms with Crippen LogP contribution in [-0.4, -0.2) is 68.6 Å². The second kappa shape index (κ2) is 8.21. The van der Waals surface area contributed by atoms with Crippen molar-refractivity contribution in [1.29, 1.82) is 0 Å². The summed E-state index contributed by atoms with van der Waals surface area (Å²) >= 11 is 0. The Morgan fingerprint density at radius 3 is 2.43 bits per heavy atom. The minimum absolute atomic E-state index is 0.00507. The molecule has 9 heteroatoms. The Bertz CT molecular complexity index is 911. The molecule has 0 bridgehead atoms. The number of phenolic OH excluding ortho intramolecular Hbond substituents is 1. The lowest BCUT2D eigenvalue weighted by molar-refractivity contribution is -0.277. The van der Waals surface area contributed by atoms with E-state index in [9.17, 15) is 30.3 Å². The van der Waals surface area contributed by atoms with Crippen LogP contribution in [0.25, 0.3) is 0 Å². The maximum absolute atomic E-state index is 12.4. The number of carbonyl (C=O) groups is 1. The molecule has 4 rings (SSSR count). The number of benzene rings is 2. The fourth-order valence-corrected chi connectivity index (χ4v) is 3.56. The van der Waals surface area contributed by atoms with Crippen LogP contribution in [0.5, 0.6) is 17.2 Å². The van der Waals surface area contributed by atoms with E-state index < -0.39 is 43.4 Å². The fraction of sp³-hybridized carbons (Fsp3) is 0.381. The Morgan fingerprint density at radius 1 is 1.00 bits per heavy atom. The predicted molar refractivity (Wildman–Crippen MR) is 101 cm³/mol. The molecule has 0 amide bonds. The van der Waals surface area contributed by atoms with Gasteiger partial charge in [0.1, 0.15) is 47.8 Å². The Kier molecular flexibility index (Phi) is 5.63. The first-order valence-electron chi connectivity index (χ1n) is 9.47. The van der Waals surface area contributed by atoms with Crippen molar-refractivity contribution in [3.63, 3.8) is 0 Å². The first-order valence-corrected chi connectivity index (χ1v) is 9.47. The predicted octanol–water partition coefficient (Wildman–Crippen LogP) is 0.277. The molecule has 1 saturated heterocycles. The van der Waals surface area contributed by atoms with Crippen LogP contribution in [0, 0.1) is 0 Å². The maximum Gasteiger partial charge on any atom is 0.229 e. The van der Waals surface area contributed by atoms with Gasteiger partial charge in [0.15, 0.2) is 5.78 Å². The number of carbonyl (C=O) groups excluding carboxylic acids is 1. The van der Waals surface area contributed by atoms with Crippen molar-refractivity contribution in [1.82, 2.24) is 0 Å². The van der Waals surface area contributed by atoms with Crippen LogP contribution in [0.3, 0.4) is 0 Å². The number of rotatable bonds is 4. The van der Waals surface area contributed by atoms with Crippen molar-refractivity contribution in [2.75, 3.05) is 6.61 Å². The average molecular weight is 418 g/mol. The van der Waals surface area contributed by atoms with E-state index >= 15 is 0 Å². The van der Waals surface area contributed by atoms with Crippen LogP contribution < -0.4 is 9.47 Å². The molecular formula is C21H22O9. The lowest BCUT2D eigenvalue weighted by Crippen LogP contribution is -2.60. The Balaban J connectivity index is 1.46. The normalized spacial score (nSPS) is 31.0. The third kappa shape index (κ3) is 3.85. The van der Waals surface area contributed by atoms with E-state index in [4.69, 9.17) is 14.2 Å². The zero-order valence-electron chi connectivity index (χ0n) is 15.8. The summed E-state index contributed by atoms with van der Waals surface area (Å²) in [6.45, 7) is -0.548. The number of fused-ring (bicyclic) bond motifs is 1. The number of aromatic hydroxyl groups is 1. The number of aliphatic hydroxyl groups is 4. The molecule has 5 N–H and O–H groups in total. The molecule has 2 aromatic carbocycles. The highest BCUT2D eigenvalue weighted by Gasteiger charge is 2.44. The molecule has 2 aromatic rings. The van der Waals surface area contributed by atoms with Gasteiger partial charge in [-0.2, -0.15) is 0 Å². The van der Waals surface area contributed by atoms with Gasteiger partial charge in [-0.05, 0) is 29.8 Å². The number of Topliss-reactive ketones (excluding diaryl/α,β-unsaturated/α-hetero) is 1. The Morgan fingerprint density at radius 2 is 1.73 bits per heavy atom. The minimum atomic E-state index is -1.53. The quantitative estimate of drug-likeness (QED) is 0.472. The van der Waals surface area contributed by atoms with Crippen LogP contribution >= 0.6 is 0 Å². The summed E-state index contributed by atoms with van der Waals surface area (Å²) in [5, 5.41) is 48.6. The SMILES string of the molecule is O=C1CC(c2ccc(O[C@@H]3OC(CO)[C@@H](O)[C@@H](O)C3O)cc2)Oc2cc(O)ccc21. The summed E-state index contributed by atoms with van der Waals surface area (Å²) in [7, 11) is 0. The van der Waals surface area contributed by atoms with Crippen molar-refractivity contribution in [2.45, 2.75) is 43.2 Å². The van der Waals surface area contributed by atoms with E-state index in [1.807, 2.05) is 0 Å². The molecule has 1 fully saturated rings. The van der Waals surface area contributed by atoms with Crippen LogP contribution in [0.1, 0.15) is 28.4 Å². The van der Waals surface area contributed by atoms with Gasteiger partial charge in [-0.1, -0.05) is 12.1 Å². The zero-order valence-corrected chi connectivity index (χ0v) is 15.8.